The van der Waals surface area contributed by atoms with Crippen molar-refractivity contribution in [2.45, 2.75) is 196 Å². The van der Waals surface area contributed by atoms with Gasteiger partial charge in [0.1, 0.15) is 0 Å². The minimum absolute atomic E-state index is 0.0237. The maximum Gasteiger partial charge on any atom is 0.165 e. The summed E-state index contributed by atoms with van der Waals surface area (Å²) < 4.78 is 0. The minimum Gasteiger partial charge on any atom is -0.504 e. The molecule has 0 radical (unpaired) electrons. The number of aliphatic imine (C=N–C) groups is 2. The van der Waals surface area contributed by atoms with Crippen LogP contribution >= 0.6 is 0 Å². The van der Waals surface area contributed by atoms with E-state index in [1.807, 2.05) is 12.1 Å². The van der Waals surface area contributed by atoms with Crippen molar-refractivity contribution in [3.8, 4) is 11.5 Å². The molecule has 0 aliphatic rings. The second-order valence-electron chi connectivity index (χ2n) is 16.8. The third-order valence-corrected chi connectivity index (χ3v) is 18.6. The van der Waals surface area contributed by atoms with Gasteiger partial charge < -0.3 is 10.2 Å². The molecule has 0 aromatic heterocycles. The van der Waals surface area contributed by atoms with Crippen LogP contribution in [0.15, 0.2) is 70.6 Å². The number of hydrogen-bond donors (Lipinski definition) is 2. The molecule has 4 aromatic rings. The van der Waals surface area contributed by atoms with Crippen LogP contribution < -0.4 is 0 Å². The first-order valence-electron chi connectivity index (χ1n) is 24.0. The standard InChI is InChI=1S/C32H48N2.C22H34O2Si/c1-7-13-15-16-18-32(34-30-22-20-26(10-4)28(12-6)24-30)31(17-14-8-2)33-29-21-19-25(9-3)27(11-5)23-29;1-5-9-10-11-17-12-13-19-18(14-15-21(23)22(19)24)20(17)16-25(6-2,7-3)8-4/h19-24H,7-18H2,1-6H3;12-15,23-24H,5-11,16H2,1-4H3. The Morgan fingerprint density at radius 2 is 0.949 bits per heavy atom. The van der Waals surface area contributed by atoms with Crippen LogP contribution in [0, 0.1) is 0 Å². The first kappa shape index (κ1) is 49.7. The molecule has 4 rings (SSSR count). The fraction of sp³-hybridized carbons (Fsp3) is 0.556. The summed E-state index contributed by atoms with van der Waals surface area (Å²) in [7, 11) is -1.33. The van der Waals surface area contributed by atoms with Gasteiger partial charge in [-0.1, -0.05) is 156 Å². The van der Waals surface area contributed by atoms with Gasteiger partial charge in [-0.3, -0.25) is 9.98 Å². The van der Waals surface area contributed by atoms with E-state index in [0.717, 1.165) is 73.5 Å². The van der Waals surface area contributed by atoms with Gasteiger partial charge in [0.15, 0.2) is 11.5 Å². The van der Waals surface area contributed by atoms with Crippen molar-refractivity contribution >= 4 is 41.6 Å². The maximum atomic E-state index is 10.3. The van der Waals surface area contributed by atoms with E-state index >= 15 is 0 Å². The van der Waals surface area contributed by atoms with E-state index < -0.39 is 8.07 Å². The molecule has 5 heteroatoms. The molecule has 4 aromatic carbocycles. The third-order valence-electron chi connectivity index (χ3n) is 13.0. The predicted molar refractivity (Wildman–Crippen MR) is 264 cm³/mol. The summed E-state index contributed by atoms with van der Waals surface area (Å²) in [4.78, 5) is 10.5. The molecule has 59 heavy (non-hydrogen) atoms. The van der Waals surface area contributed by atoms with Crippen molar-refractivity contribution in [1.29, 1.82) is 0 Å². The van der Waals surface area contributed by atoms with Crippen LogP contribution in [0.25, 0.3) is 10.8 Å². The van der Waals surface area contributed by atoms with Gasteiger partial charge >= 0.3 is 0 Å². The smallest absolute Gasteiger partial charge is 0.165 e. The summed E-state index contributed by atoms with van der Waals surface area (Å²) in [5.74, 6) is -0.00205. The molecule has 0 bridgehead atoms. The van der Waals surface area contributed by atoms with Crippen LogP contribution in [0.2, 0.25) is 18.1 Å². The van der Waals surface area contributed by atoms with Gasteiger partial charge in [0.2, 0.25) is 0 Å². The SMILES string of the molecule is CCCCCCC(=Nc1ccc(CC)c(CC)c1)C(CCCC)=Nc1ccc(CC)c(CC)c1.CCCCCc1ccc2c(O)c(O)ccc2c1C[Si](CC)(CC)CC. The molecular formula is C54H82N2O2Si. The Kier molecular flexibility index (Phi) is 22.3. The summed E-state index contributed by atoms with van der Waals surface area (Å²) in [6.45, 7) is 22.8. The first-order chi connectivity index (χ1) is 28.6. The largest absolute Gasteiger partial charge is 0.504 e. The maximum absolute atomic E-state index is 10.3. The summed E-state index contributed by atoms with van der Waals surface area (Å²) >= 11 is 0. The van der Waals surface area contributed by atoms with E-state index in [4.69, 9.17) is 9.98 Å². The third kappa shape index (κ3) is 14.5. The fourth-order valence-electron chi connectivity index (χ4n) is 8.61. The molecule has 0 aliphatic heterocycles. The van der Waals surface area contributed by atoms with Crippen molar-refractivity contribution in [2.24, 2.45) is 9.98 Å². The number of aryl methyl sites for hydroxylation is 5. The zero-order chi connectivity index (χ0) is 43.2. The Hall–Kier alpha value is -3.70. The molecule has 4 nitrogen and oxygen atoms in total. The zero-order valence-corrected chi connectivity index (χ0v) is 40.2. The summed E-state index contributed by atoms with van der Waals surface area (Å²) in [5, 5.41) is 22.1. The number of hydrogen-bond acceptors (Lipinski definition) is 4. The highest BCUT2D eigenvalue weighted by Crippen LogP contribution is 2.39. The van der Waals surface area contributed by atoms with Crippen LogP contribution in [-0.2, 0) is 38.1 Å². The van der Waals surface area contributed by atoms with Gasteiger partial charge in [-0.15, -0.1) is 0 Å². The van der Waals surface area contributed by atoms with Crippen molar-refractivity contribution in [3.63, 3.8) is 0 Å². The lowest BCUT2D eigenvalue weighted by molar-refractivity contribution is 0.408. The number of rotatable bonds is 24. The van der Waals surface area contributed by atoms with E-state index in [2.05, 4.69) is 112 Å². The number of benzene rings is 4. The van der Waals surface area contributed by atoms with Crippen LogP contribution in [-0.4, -0.2) is 29.7 Å². The van der Waals surface area contributed by atoms with Crippen LogP contribution in [0.4, 0.5) is 11.4 Å². The lowest BCUT2D eigenvalue weighted by Gasteiger charge is -2.30. The van der Waals surface area contributed by atoms with Crippen LogP contribution in [0.3, 0.4) is 0 Å². The number of unbranched alkanes of at least 4 members (excludes halogenated alkanes) is 6. The van der Waals surface area contributed by atoms with E-state index in [1.165, 1.54) is 120 Å². The number of fused-ring (bicyclic) bond motifs is 1. The highest BCUT2D eigenvalue weighted by molar-refractivity contribution is 6.79. The average Bonchev–Trinajstić information content (AvgIpc) is 3.27. The molecule has 0 saturated heterocycles. The molecule has 324 valence electrons. The van der Waals surface area contributed by atoms with Crippen LogP contribution in [0.5, 0.6) is 11.5 Å². The van der Waals surface area contributed by atoms with Crippen molar-refractivity contribution in [1.82, 2.24) is 0 Å². The number of phenolic OH excluding ortho intramolecular Hbond substituents is 2. The van der Waals surface area contributed by atoms with Gasteiger partial charge in [-0.2, -0.15) is 0 Å². The highest BCUT2D eigenvalue weighted by Gasteiger charge is 2.29. The second kappa shape index (κ2) is 26.5. The van der Waals surface area contributed by atoms with Gasteiger partial charge in [-0.05, 0) is 139 Å². The van der Waals surface area contributed by atoms with Crippen molar-refractivity contribution in [2.75, 3.05) is 0 Å². The molecule has 0 saturated carbocycles. The molecule has 2 N–H and O–H groups in total. The van der Waals surface area contributed by atoms with Gasteiger partial charge in [-0.25, -0.2) is 0 Å². The van der Waals surface area contributed by atoms with Crippen molar-refractivity contribution < 1.29 is 10.2 Å². The van der Waals surface area contributed by atoms with E-state index in [0.29, 0.717) is 0 Å². The number of nitrogens with zero attached hydrogens (tertiary/aromatic N) is 2. The van der Waals surface area contributed by atoms with Gasteiger partial charge in [0.05, 0.1) is 30.9 Å². The second-order valence-corrected chi connectivity index (χ2v) is 22.3. The summed E-state index contributed by atoms with van der Waals surface area (Å²) in [6.07, 6.45) is 18.4. The van der Waals surface area contributed by atoms with Crippen LogP contribution in [0.1, 0.15) is 173 Å². The molecular weight excluding hydrogens is 737 g/mol. The lowest BCUT2D eigenvalue weighted by Crippen LogP contribution is -2.35. The summed E-state index contributed by atoms with van der Waals surface area (Å²) in [5.41, 5.74) is 13.1. The van der Waals surface area contributed by atoms with E-state index in [-0.39, 0.29) is 11.5 Å². The first-order valence-corrected chi connectivity index (χ1v) is 26.8. The van der Waals surface area contributed by atoms with E-state index in [9.17, 15) is 10.2 Å². The number of aromatic hydroxyl groups is 2. The minimum atomic E-state index is -1.33. The van der Waals surface area contributed by atoms with Gasteiger partial charge in [0, 0.05) is 5.39 Å². The zero-order valence-electron chi connectivity index (χ0n) is 39.2. The Bertz CT molecular complexity index is 1910. The topological polar surface area (TPSA) is 65.2 Å². The molecule has 0 unspecified atom stereocenters. The quantitative estimate of drug-likeness (QED) is 0.0320. The Morgan fingerprint density at radius 3 is 1.44 bits per heavy atom. The molecule has 0 spiro atoms. The molecule has 0 aliphatic carbocycles. The summed E-state index contributed by atoms with van der Waals surface area (Å²) in [6, 6.07) is 26.4. The Balaban J connectivity index is 0.000000330. The highest BCUT2D eigenvalue weighted by atomic mass is 28.3. The Labute approximate surface area is 362 Å². The lowest BCUT2D eigenvalue weighted by atomic mass is 9.95. The van der Waals surface area contributed by atoms with E-state index in [1.54, 1.807) is 6.07 Å². The molecule has 0 atom stereocenters. The number of phenols is 2. The Morgan fingerprint density at radius 1 is 0.475 bits per heavy atom. The molecule has 0 fully saturated rings. The molecule has 0 heterocycles. The monoisotopic (exact) mass is 819 g/mol. The van der Waals surface area contributed by atoms with Gasteiger partial charge in [0.25, 0.3) is 0 Å². The normalized spacial score (nSPS) is 12.2. The van der Waals surface area contributed by atoms with Crippen molar-refractivity contribution in [3.05, 3.63) is 94.0 Å². The molecule has 0 amide bonds. The average molecular weight is 819 g/mol. The predicted octanol–water partition coefficient (Wildman–Crippen LogP) is 16.5. The fourth-order valence-corrected chi connectivity index (χ4v) is 12.0.